The molecule has 0 bridgehead atoms. The van der Waals surface area contributed by atoms with Gasteiger partial charge in [-0.05, 0) is 24.3 Å². The topological polar surface area (TPSA) is 149 Å². The van der Waals surface area contributed by atoms with Crippen molar-refractivity contribution < 1.29 is 23.1 Å². The van der Waals surface area contributed by atoms with Crippen LogP contribution in [0.2, 0.25) is 0 Å². The zero-order valence-corrected chi connectivity index (χ0v) is 17.2. The van der Waals surface area contributed by atoms with Crippen molar-refractivity contribution in [2.75, 3.05) is 11.6 Å². The van der Waals surface area contributed by atoms with Crippen LogP contribution in [0.15, 0.2) is 48.8 Å². The molecule has 12 heteroatoms. The molecule has 4 rings (SSSR count). The molecule has 1 amide bonds. The predicted octanol–water partition coefficient (Wildman–Crippen LogP) is 1.59. The van der Waals surface area contributed by atoms with E-state index in [1.807, 2.05) is 0 Å². The third kappa shape index (κ3) is 3.64. The van der Waals surface area contributed by atoms with Crippen LogP contribution < -0.4 is 5.32 Å². The molecule has 0 aliphatic heterocycles. The van der Waals surface area contributed by atoms with E-state index in [9.17, 15) is 23.1 Å². The van der Waals surface area contributed by atoms with Crippen LogP contribution >= 0.6 is 0 Å². The second kappa shape index (κ2) is 7.32. The zero-order valence-electron chi connectivity index (χ0n) is 16.3. The van der Waals surface area contributed by atoms with E-state index >= 15 is 0 Å². The van der Waals surface area contributed by atoms with Crippen LogP contribution in [0.25, 0.3) is 22.3 Å². The lowest BCUT2D eigenvalue weighted by Gasteiger charge is -2.10. The van der Waals surface area contributed by atoms with Gasteiger partial charge in [0.25, 0.3) is 5.91 Å². The maximum absolute atomic E-state index is 12.6. The van der Waals surface area contributed by atoms with E-state index < -0.39 is 21.9 Å². The summed E-state index contributed by atoms with van der Waals surface area (Å²) in [6, 6.07) is 10.7. The summed E-state index contributed by atoms with van der Waals surface area (Å²) in [6.07, 6.45) is 2.22. The first-order chi connectivity index (χ1) is 14.7. The van der Waals surface area contributed by atoms with E-state index in [4.69, 9.17) is 0 Å². The molecule has 0 saturated carbocycles. The number of anilines is 1. The molecule has 0 saturated heterocycles. The largest absolute Gasteiger partial charge is 0.478 e. The molecule has 4 aromatic rings. The highest BCUT2D eigenvalue weighted by Crippen LogP contribution is 2.32. The average Bonchev–Trinajstić information content (AvgIpc) is 3.30. The minimum atomic E-state index is -3.88. The third-order valence-electron chi connectivity index (χ3n) is 4.53. The Morgan fingerprint density at radius 3 is 2.52 bits per heavy atom. The number of carbonyl (C=O) groups excluding carboxylic acids is 1. The van der Waals surface area contributed by atoms with Crippen LogP contribution in [0.4, 0.5) is 5.82 Å². The van der Waals surface area contributed by atoms with E-state index in [1.165, 1.54) is 29.2 Å². The summed E-state index contributed by atoms with van der Waals surface area (Å²) in [5.41, 5.74) is 0.377. The van der Waals surface area contributed by atoms with Crippen molar-refractivity contribution in [2.45, 2.75) is 0 Å². The quantitative estimate of drug-likeness (QED) is 0.475. The fourth-order valence-electron chi connectivity index (χ4n) is 3.21. The van der Waals surface area contributed by atoms with Gasteiger partial charge < -0.3 is 10.4 Å². The highest BCUT2D eigenvalue weighted by Gasteiger charge is 2.23. The van der Waals surface area contributed by atoms with Crippen LogP contribution in [0, 0.1) is 0 Å². The molecule has 0 fully saturated rings. The lowest BCUT2D eigenvalue weighted by atomic mass is 10.0. The Kier molecular flexibility index (Phi) is 4.78. The Morgan fingerprint density at radius 1 is 1.13 bits per heavy atom. The average molecular weight is 440 g/mol. The van der Waals surface area contributed by atoms with E-state index in [2.05, 4.69) is 20.4 Å². The first kappa shape index (κ1) is 20.2. The summed E-state index contributed by atoms with van der Waals surface area (Å²) in [7, 11) is -2.33. The van der Waals surface area contributed by atoms with Crippen LogP contribution in [0.3, 0.4) is 0 Å². The van der Waals surface area contributed by atoms with Gasteiger partial charge in [0.05, 0.1) is 17.5 Å². The number of hydrogen-bond acceptors (Lipinski definition) is 7. The predicted molar refractivity (Wildman–Crippen MR) is 111 cm³/mol. The molecule has 0 unspecified atom stereocenters. The molecule has 1 aromatic carbocycles. The molecule has 0 aliphatic carbocycles. The maximum atomic E-state index is 12.6. The summed E-state index contributed by atoms with van der Waals surface area (Å²) in [4.78, 5) is 32.2. The number of nitrogens with one attached hydrogen (secondary N) is 1. The van der Waals surface area contributed by atoms with Gasteiger partial charge >= 0.3 is 5.97 Å². The Hall–Kier alpha value is -4.06. The van der Waals surface area contributed by atoms with Crippen molar-refractivity contribution in [3.63, 3.8) is 0 Å². The number of hydrogen-bond donors (Lipinski definition) is 2. The Morgan fingerprint density at radius 2 is 1.87 bits per heavy atom. The molecule has 31 heavy (non-hydrogen) atoms. The number of aromatic nitrogens is 5. The fourth-order valence-corrected chi connectivity index (χ4v) is 4.18. The number of nitrogens with zero attached hydrogens (tertiary/aromatic N) is 5. The highest BCUT2D eigenvalue weighted by molar-refractivity contribution is 7.89. The Labute approximate surface area is 176 Å². The van der Waals surface area contributed by atoms with Crippen LogP contribution in [0.5, 0.6) is 0 Å². The Bertz CT molecular complexity index is 1450. The summed E-state index contributed by atoms with van der Waals surface area (Å²) >= 11 is 0. The summed E-state index contributed by atoms with van der Waals surface area (Å²) in [5.74, 6) is -1.61. The van der Waals surface area contributed by atoms with Crippen molar-refractivity contribution in [2.24, 2.45) is 7.05 Å². The number of carboxylic acid groups (broad SMARTS) is 1. The van der Waals surface area contributed by atoms with E-state index in [-0.39, 0.29) is 34.1 Å². The van der Waals surface area contributed by atoms with Gasteiger partial charge in [-0.15, -0.1) is 0 Å². The third-order valence-corrected chi connectivity index (χ3v) is 5.56. The standard InChI is InChI=1S/C19H16N6O5S/c1-24-17(20-10-21-24)18(26)23-15-8-7-11-9-14(25(16(11)22-15)31(2,29)30)12-5-3-4-6-13(12)19(27)28/h3-10H,1-2H3,(H,27,28)(H,22,23,26). The molecule has 0 aliphatic rings. The van der Waals surface area contributed by atoms with E-state index in [1.54, 1.807) is 31.3 Å². The monoisotopic (exact) mass is 440 g/mol. The molecule has 0 atom stereocenters. The van der Waals surface area contributed by atoms with E-state index in [0.29, 0.717) is 5.39 Å². The highest BCUT2D eigenvalue weighted by atomic mass is 32.2. The number of fused-ring (bicyclic) bond motifs is 1. The van der Waals surface area contributed by atoms with Gasteiger partial charge in [-0.25, -0.2) is 31.8 Å². The number of aromatic carboxylic acids is 1. The van der Waals surface area contributed by atoms with Gasteiger partial charge in [0.2, 0.25) is 15.8 Å². The van der Waals surface area contributed by atoms with Crippen LogP contribution in [-0.4, -0.2) is 55.4 Å². The van der Waals surface area contributed by atoms with Crippen molar-refractivity contribution in [1.29, 1.82) is 0 Å². The number of amides is 1. The van der Waals surface area contributed by atoms with Gasteiger partial charge in [0.1, 0.15) is 12.1 Å². The number of carbonyl (C=O) groups is 2. The molecule has 158 valence electrons. The van der Waals surface area contributed by atoms with Crippen LogP contribution in [-0.2, 0) is 17.1 Å². The van der Waals surface area contributed by atoms with Crippen molar-refractivity contribution in [1.82, 2.24) is 23.7 Å². The first-order valence-electron chi connectivity index (χ1n) is 8.88. The van der Waals surface area contributed by atoms with Gasteiger partial charge in [-0.2, -0.15) is 5.10 Å². The summed E-state index contributed by atoms with van der Waals surface area (Å²) in [6.45, 7) is 0. The second-order valence-electron chi connectivity index (χ2n) is 6.68. The molecule has 11 nitrogen and oxygen atoms in total. The number of pyridine rings is 1. The number of rotatable bonds is 5. The molecule has 2 N–H and O–H groups in total. The van der Waals surface area contributed by atoms with Crippen LogP contribution in [0.1, 0.15) is 21.0 Å². The van der Waals surface area contributed by atoms with Crippen molar-refractivity contribution >= 4 is 38.8 Å². The van der Waals surface area contributed by atoms with Crippen molar-refractivity contribution in [3.8, 4) is 11.3 Å². The van der Waals surface area contributed by atoms with Gasteiger partial charge in [0, 0.05) is 18.0 Å². The first-order valence-corrected chi connectivity index (χ1v) is 10.7. The van der Waals surface area contributed by atoms with Crippen molar-refractivity contribution in [3.05, 3.63) is 60.2 Å². The fraction of sp³-hybridized carbons (Fsp3) is 0.105. The molecule has 0 radical (unpaired) electrons. The van der Waals surface area contributed by atoms with Gasteiger partial charge in [-0.1, -0.05) is 18.2 Å². The lowest BCUT2D eigenvalue weighted by molar-refractivity contribution is 0.0697. The molecule has 3 aromatic heterocycles. The maximum Gasteiger partial charge on any atom is 0.336 e. The summed E-state index contributed by atoms with van der Waals surface area (Å²) < 4.78 is 27.5. The molecular weight excluding hydrogens is 424 g/mol. The van der Waals surface area contributed by atoms with Gasteiger partial charge in [-0.3, -0.25) is 4.79 Å². The zero-order chi connectivity index (χ0) is 22.3. The normalized spacial score (nSPS) is 11.5. The van der Waals surface area contributed by atoms with Gasteiger partial charge in [0.15, 0.2) is 5.65 Å². The second-order valence-corrected chi connectivity index (χ2v) is 8.51. The number of aryl methyl sites for hydroxylation is 1. The lowest BCUT2D eigenvalue weighted by Crippen LogP contribution is -2.18. The molecule has 0 spiro atoms. The Balaban J connectivity index is 1.88. The molecule has 3 heterocycles. The number of carboxylic acids is 1. The molecular formula is C19H16N6O5S. The number of benzene rings is 1. The SMILES string of the molecule is Cn1ncnc1C(=O)Nc1ccc2cc(-c3ccccc3C(=O)O)n(S(C)(=O)=O)c2n1. The summed E-state index contributed by atoms with van der Waals surface area (Å²) in [5, 5.41) is 16.4. The minimum absolute atomic E-state index is 0.0495. The minimum Gasteiger partial charge on any atom is -0.478 e. The van der Waals surface area contributed by atoms with E-state index in [0.717, 1.165) is 10.2 Å². The smallest absolute Gasteiger partial charge is 0.336 e.